The molecule has 0 bridgehead atoms. The summed E-state index contributed by atoms with van der Waals surface area (Å²) in [6.07, 6.45) is 1.21. The molecule has 0 aliphatic carbocycles. The van der Waals surface area contributed by atoms with Crippen molar-refractivity contribution in [2.75, 3.05) is 23.4 Å². The summed E-state index contributed by atoms with van der Waals surface area (Å²) in [5.41, 5.74) is 3.67. The first-order chi connectivity index (χ1) is 9.74. The molecular formula is C16H29N5. The van der Waals surface area contributed by atoms with Crippen molar-refractivity contribution in [2.45, 2.75) is 53.4 Å². The van der Waals surface area contributed by atoms with Crippen molar-refractivity contribution in [1.82, 2.24) is 9.97 Å². The average Bonchev–Trinajstić information content (AvgIpc) is 2.41. The predicted octanol–water partition coefficient (Wildman–Crippen LogP) is 2.85. The smallest absolute Gasteiger partial charge is 0.148 e. The van der Waals surface area contributed by atoms with E-state index in [4.69, 9.17) is 10.8 Å². The van der Waals surface area contributed by atoms with Gasteiger partial charge in [0.25, 0.3) is 0 Å². The number of nitrogens with two attached hydrogens (primary N) is 1. The number of rotatable bonds is 2. The molecule has 3 N–H and O–H groups in total. The molecule has 1 saturated heterocycles. The van der Waals surface area contributed by atoms with Gasteiger partial charge in [-0.05, 0) is 25.2 Å². The maximum absolute atomic E-state index is 5.65. The van der Waals surface area contributed by atoms with Gasteiger partial charge in [-0.3, -0.25) is 0 Å². The molecule has 2 rings (SSSR count). The topological polar surface area (TPSA) is 67.1 Å². The van der Waals surface area contributed by atoms with Crippen LogP contribution in [-0.2, 0) is 5.41 Å². The van der Waals surface area contributed by atoms with Crippen molar-refractivity contribution < 1.29 is 0 Å². The molecule has 0 amide bonds. The van der Waals surface area contributed by atoms with Crippen LogP contribution in [0.2, 0.25) is 0 Å². The number of hydrogen-bond acceptors (Lipinski definition) is 5. The monoisotopic (exact) mass is 291 g/mol. The van der Waals surface area contributed by atoms with Crippen LogP contribution in [0.4, 0.5) is 11.6 Å². The van der Waals surface area contributed by atoms with Crippen molar-refractivity contribution >= 4 is 11.6 Å². The van der Waals surface area contributed by atoms with Crippen molar-refractivity contribution in [1.29, 1.82) is 0 Å². The lowest BCUT2D eigenvalue weighted by atomic mass is 9.88. The van der Waals surface area contributed by atoms with Crippen LogP contribution in [0.1, 0.15) is 52.4 Å². The molecule has 0 saturated carbocycles. The summed E-state index contributed by atoms with van der Waals surface area (Å²) in [5, 5.41) is 0. The lowest BCUT2D eigenvalue weighted by molar-refractivity contribution is 0.322. The molecule has 2 atom stereocenters. The number of aromatic nitrogens is 2. The van der Waals surface area contributed by atoms with Crippen molar-refractivity contribution in [3.8, 4) is 0 Å². The van der Waals surface area contributed by atoms with E-state index in [0.29, 0.717) is 5.92 Å². The van der Waals surface area contributed by atoms with Gasteiger partial charge in [0.2, 0.25) is 0 Å². The molecule has 0 aromatic carbocycles. The summed E-state index contributed by atoms with van der Waals surface area (Å²) in [6.45, 7) is 15.2. The Hall–Kier alpha value is -1.36. The number of anilines is 2. The van der Waals surface area contributed by atoms with Gasteiger partial charge in [-0.1, -0.05) is 34.6 Å². The number of piperidine rings is 1. The Labute approximate surface area is 128 Å². The van der Waals surface area contributed by atoms with E-state index in [0.717, 1.165) is 42.0 Å². The van der Waals surface area contributed by atoms with E-state index < -0.39 is 0 Å². The summed E-state index contributed by atoms with van der Waals surface area (Å²) in [5.74, 6) is 9.71. The van der Waals surface area contributed by atoms with E-state index in [1.807, 2.05) is 6.92 Å². The zero-order chi connectivity index (χ0) is 15.8. The van der Waals surface area contributed by atoms with Gasteiger partial charge in [-0.15, -0.1) is 0 Å². The summed E-state index contributed by atoms with van der Waals surface area (Å²) in [4.78, 5) is 11.8. The molecule has 0 spiro atoms. The van der Waals surface area contributed by atoms with Gasteiger partial charge in [-0.25, -0.2) is 15.8 Å². The van der Waals surface area contributed by atoms with E-state index in [2.05, 4.69) is 49.9 Å². The predicted molar refractivity (Wildman–Crippen MR) is 88.4 cm³/mol. The van der Waals surface area contributed by atoms with Crippen LogP contribution in [-0.4, -0.2) is 23.1 Å². The van der Waals surface area contributed by atoms with Crippen molar-refractivity contribution in [3.63, 3.8) is 0 Å². The number of hydrogen-bond donors (Lipinski definition) is 2. The zero-order valence-electron chi connectivity index (χ0n) is 14.2. The van der Waals surface area contributed by atoms with Crippen LogP contribution in [0, 0.1) is 18.8 Å². The fourth-order valence-corrected chi connectivity index (χ4v) is 2.74. The Kier molecular flexibility index (Phi) is 4.42. The maximum Gasteiger partial charge on any atom is 0.148 e. The minimum Gasteiger partial charge on any atom is -0.356 e. The van der Waals surface area contributed by atoms with Gasteiger partial charge in [0.1, 0.15) is 17.5 Å². The largest absolute Gasteiger partial charge is 0.356 e. The summed E-state index contributed by atoms with van der Waals surface area (Å²) in [7, 11) is 0. The second-order valence-electron chi connectivity index (χ2n) is 7.43. The van der Waals surface area contributed by atoms with Crippen LogP contribution < -0.4 is 16.2 Å². The lowest BCUT2D eigenvalue weighted by Gasteiger charge is -2.37. The number of hydrazine groups is 1. The molecule has 1 fully saturated rings. The molecule has 2 heterocycles. The Bertz CT molecular complexity index is 506. The Morgan fingerprint density at radius 1 is 1.19 bits per heavy atom. The first-order valence-electron chi connectivity index (χ1n) is 7.84. The standard InChI is InChI=1S/C16H29N5/c1-10-7-8-21(9-11(10)2)14-12(3)13(20-17)18-15(19-14)16(4,5)6/h10-11H,7-9,17H2,1-6H3,(H,18,19,20). The highest BCUT2D eigenvalue weighted by Gasteiger charge is 2.27. The molecule has 118 valence electrons. The highest BCUT2D eigenvalue weighted by molar-refractivity contribution is 5.58. The molecule has 1 aromatic heterocycles. The van der Waals surface area contributed by atoms with E-state index in [-0.39, 0.29) is 5.41 Å². The van der Waals surface area contributed by atoms with Gasteiger partial charge in [0.15, 0.2) is 0 Å². The van der Waals surface area contributed by atoms with Gasteiger partial charge >= 0.3 is 0 Å². The SMILES string of the molecule is Cc1c(NN)nc(C(C)(C)C)nc1N1CCC(C)C(C)C1. The molecule has 1 aliphatic rings. The molecule has 5 nitrogen and oxygen atoms in total. The Morgan fingerprint density at radius 3 is 2.38 bits per heavy atom. The second kappa shape index (κ2) is 5.79. The molecule has 2 unspecified atom stereocenters. The molecule has 21 heavy (non-hydrogen) atoms. The van der Waals surface area contributed by atoms with Gasteiger partial charge in [0.05, 0.1) is 0 Å². The van der Waals surface area contributed by atoms with E-state index >= 15 is 0 Å². The fourth-order valence-electron chi connectivity index (χ4n) is 2.74. The molecule has 5 heteroatoms. The fraction of sp³-hybridized carbons (Fsp3) is 0.750. The van der Waals surface area contributed by atoms with E-state index in [9.17, 15) is 0 Å². The molecule has 1 aromatic rings. The van der Waals surface area contributed by atoms with Gasteiger partial charge in [-0.2, -0.15) is 0 Å². The molecule has 0 radical (unpaired) electrons. The van der Waals surface area contributed by atoms with Crippen molar-refractivity contribution in [2.24, 2.45) is 17.7 Å². The summed E-state index contributed by atoms with van der Waals surface area (Å²) in [6, 6.07) is 0. The van der Waals surface area contributed by atoms with Crippen LogP contribution in [0.3, 0.4) is 0 Å². The van der Waals surface area contributed by atoms with Gasteiger partial charge < -0.3 is 10.3 Å². The normalized spacial score (nSPS) is 23.3. The Morgan fingerprint density at radius 2 is 1.86 bits per heavy atom. The molecule has 1 aliphatic heterocycles. The first kappa shape index (κ1) is 16.0. The maximum atomic E-state index is 5.65. The summed E-state index contributed by atoms with van der Waals surface area (Å²) >= 11 is 0. The van der Waals surface area contributed by atoms with Crippen LogP contribution in [0.25, 0.3) is 0 Å². The highest BCUT2D eigenvalue weighted by Crippen LogP contribution is 2.32. The third-order valence-electron chi connectivity index (χ3n) is 4.56. The molecular weight excluding hydrogens is 262 g/mol. The van der Waals surface area contributed by atoms with E-state index in [1.54, 1.807) is 0 Å². The third-order valence-corrected chi connectivity index (χ3v) is 4.56. The minimum atomic E-state index is -0.0945. The van der Waals surface area contributed by atoms with Crippen LogP contribution >= 0.6 is 0 Å². The zero-order valence-corrected chi connectivity index (χ0v) is 14.2. The summed E-state index contributed by atoms with van der Waals surface area (Å²) < 4.78 is 0. The van der Waals surface area contributed by atoms with Crippen molar-refractivity contribution in [3.05, 3.63) is 11.4 Å². The minimum absolute atomic E-state index is 0.0945. The Balaban J connectivity index is 2.42. The second-order valence-corrected chi connectivity index (χ2v) is 7.43. The first-order valence-corrected chi connectivity index (χ1v) is 7.84. The van der Waals surface area contributed by atoms with Crippen LogP contribution in [0.5, 0.6) is 0 Å². The number of nitrogen functional groups attached to an aromatic ring is 1. The number of nitrogens with zero attached hydrogens (tertiary/aromatic N) is 3. The highest BCUT2D eigenvalue weighted by atomic mass is 15.3. The number of nitrogens with one attached hydrogen (secondary N) is 1. The quantitative estimate of drug-likeness (QED) is 0.648. The van der Waals surface area contributed by atoms with E-state index in [1.165, 1.54) is 6.42 Å². The third kappa shape index (κ3) is 3.28. The van der Waals surface area contributed by atoms with Crippen LogP contribution in [0.15, 0.2) is 0 Å². The average molecular weight is 291 g/mol. The van der Waals surface area contributed by atoms with Gasteiger partial charge in [0, 0.05) is 24.1 Å². The lowest BCUT2D eigenvalue weighted by Crippen LogP contribution is -2.40.